The average Bonchev–Trinajstić information content (AvgIpc) is 2.34. The minimum absolute atomic E-state index is 0.0759. The number of Topliss-reactive ketones (excluding diaryl/α,β-unsaturated/α-hetero) is 1. The van der Waals surface area contributed by atoms with Crippen LogP contribution in [-0.4, -0.2) is 23.5 Å². The van der Waals surface area contributed by atoms with Crippen molar-refractivity contribution >= 4 is 11.9 Å². The minimum Gasteiger partial charge on any atom is -0.465 e. The van der Waals surface area contributed by atoms with E-state index in [0.717, 1.165) is 0 Å². The van der Waals surface area contributed by atoms with Gasteiger partial charge in [-0.15, -0.1) is 0 Å². The molecule has 1 aromatic carbocycles. The van der Waals surface area contributed by atoms with Crippen LogP contribution >= 0.6 is 0 Å². The number of hydrogen-bond acceptors (Lipinski definition) is 2. The van der Waals surface area contributed by atoms with Gasteiger partial charge < -0.3 is 10.4 Å². The lowest BCUT2D eigenvalue weighted by atomic mass is 9.95. The molecule has 0 aliphatic carbocycles. The van der Waals surface area contributed by atoms with Gasteiger partial charge in [0, 0.05) is 18.0 Å². The maximum Gasteiger partial charge on any atom is 0.404 e. The molecule has 0 spiro atoms. The maximum atomic E-state index is 11.9. The summed E-state index contributed by atoms with van der Waals surface area (Å²) < 4.78 is 0. The van der Waals surface area contributed by atoms with Gasteiger partial charge >= 0.3 is 6.09 Å². The molecule has 1 rings (SSSR count). The van der Waals surface area contributed by atoms with E-state index in [1.807, 2.05) is 25.1 Å². The summed E-state index contributed by atoms with van der Waals surface area (Å²) >= 11 is 0. The van der Waals surface area contributed by atoms with Crippen molar-refractivity contribution in [2.45, 2.75) is 19.8 Å². The smallest absolute Gasteiger partial charge is 0.404 e. The zero-order valence-electron chi connectivity index (χ0n) is 9.85. The summed E-state index contributed by atoms with van der Waals surface area (Å²) in [6.45, 7) is 2.26. The second-order valence-corrected chi connectivity index (χ2v) is 4.01. The molecule has 0 fully saturated rings. The van der Waals surface area contributed by atoms with Crippen LogP contribution in [0.15, 0.2) is 30.3 Å². The van der Waals surface area contributed by atoms with Gasteiger partial charge in [0.15, 0.2) is 5.78 Å². The third kappa shape index (κ3) is 4.68. The molecule has 0 saturated heterocycles. The van der Waals surface area contributed by atoms with Crippen LogP contribution in [0.4, 0.5) is 4.79 Å². The molecule has 0 heterocycles. The number of hydrogen-bond donors (Lipinski definition) is 2. The summed E-state index contributed by atoms with van der Waals surface area (Å²) in [6, 6.07) is 9.15. The molecule has 0 aliphatic heterocycles. The van der Waals surface area contributed by atoms with Crippen LogP contribution in [0.5, 0.6) is 0 Å². The quantitative estimate of drug-likeness (QED) is 0.588. The monoisotopic (exact) mass is 235 g/mol. The fourth-order valence-corrected chi connectivity index (χ4v) is 1.62. The van der Waals surface area contributed by atoms with Crippen LogP contribution < -0.4 is 5.32 Å². The molecule has 2 N–H and O–H groups in total. The summed E-state index contributed by atoms with van der Waals surface area (Å²) in [5.74, 6) is 0.0360. The molecule has 0 aromatic heterocycles. The highest BCUT2D eigenvalue weighted by Gasteiger charge is 2.14. The highest BCUT2D eigenvalue weighted by Crippen LogP contribution is 2.13. The topological polar surface area (TPSA) is 66.4 Å². The number of nitrogens with one attached hydrogen (secondary N) is 1. The predicted octanol–water partition coefficient (Wildman–Crippen LogP) is 2.55. The first-order chi connectivity index (χ1) is 8.11. The van der Waals surface area contributed by atoms with Crippen molar-refractivity contribution in [2.75, 3.05) is 6.54 Å². The van der Waals surface area contributed by atoms with E-state index in [-0.39, 0.29) is 11.7 Å². The van der Waals surface area contributed by atoms with E-state index in [0.29, 0.717) is 24.9 Å². The molecule has 92 valence electrons. The van der Waals surface area contributed by atoms with E-state index in [9.17, 15) is 9.59 Å². The molecule has 0 bridgehead atoms. The third-order valence-corrected chi connectivity index (χ3v) is 2.60. The maximum absolute atomic E-state index is 11.9. The Morgan fingerprint density at radius 1 is 1.29 bits per heavy atom. The van der Waals surface area contributed by atoms with Crippen molar-refractivity contribution < 1.29 is 14.7 Å². The van der Waals surface area contributed by atoms with Crippen molar-refractivity contribution in [1.82, 2.24) is 5.32 Å². The third-order valence-electron chi connectivity index (χ3n) is 2.60. The van der Waals surface area contributed by atoms with Gasteiger partial charge in [0.05, 0.1) is 0 Å². The first-order valence-electron chi connectivity index (χ1n) is 5.67. The number of carboxylic acid groups (broad SMARTS) is 1. The van der Waals surface area contributed by atoms with Gasteiger partial charge in [-0.3, -0.25) is 4.79 Å². The Bertz CT molecular complexity index is 376. The van der Waals surface area contributed by atoms with Crippen molar-refractivity contribution in [3.8, 4) is 0 Å². The number of ketones is 1. The zero-order chi connectivity index (χ0) is 12.7. The van der Waals surface area contributed by atoms with Gasteiger partial charge in [0.2, 0.25) is 0 Å². The Kier molecular flexibility index (Phi) is 5.20. The Morgan fingerprint density at radius 3 is 2.53 bits per heavy atom. The van der Waals surface area contributed by atoms with E-state index in [1.165, 1.54) is 0 Å². The molecule has 1 unspecified atom stereocenters. The van der Waals surface area contributed by atoms with Crippen molar-refractivity contribution in [3.05, 3.63) is 35.9 Å². The highest BCUT2D eigenvalue weighted by atomic mass is 16.4. The van der Waals surface area contributed by atoms with Crippen LogP contribution in [0.25, 0.3) is 0 Å². The Hall–Kier alpha value is -1.84. The van der Waals surface area contributed by atoms with Gasteiger partial charge in [-0.2, -0.15) is 0 Å². The molecule has 4 heteroatoms. The van der Waals surface area contributed by atoms with Gasteiger partial charge in [-0.1, -0.05) is 37.3 Å². The molecule has 0 radical (unpaired) electrons. The molecule has 1 aromatic rings. The zero-order valence-corrected chi connectivity index (χ0v) is 9.85. The Labute approximate surface area is 101 Å². The van der Waals surface area contributed by atoms with Gasteiger partial charge in [0.25, 0.3) is 0 Å². The van der Waals surface area contributed by atoms with E-state index in [1.54, 1.807) is 12.1 Å². The van der Waals surface area contributed by atoms with E-state index < -0.39 is 6.09 Å². The van der Waals surface area contributed by atoms with Crippen molar-refractivity contribution in [2.24, 2.45) is 5.92 Å². The second-order valence-electron chi connectivity index (χ2n) is 4.01. The number of carbonyl (C=O) groups is 2. The van der Waals surface area contributed by atoms with Crippen LogP contribution in [0.1, 0.15) is 30.1 Å². The lowest BCUT2D eigenvalue weighted by Crippen LogP contribution is -2.23. The van der Waals surface area contributed by atoms with Gasteiger partial charge in [0.1, 0.15) is 0 Å². The van der Waals surface area contributed by atoms with Crippen LogP contribution in [0.3, 0.4) is 0 Å². The molecule has 1 amide bonds. The van der Waals surface area contributed by atoms with E-state index in [2.05, 4.69) is 5.32 Å². The summed E-state index contributed by atoms with van der Waals surface area (Å²) in [6.07, 6.45) is 0.340. The Balaban J connectivity index is 2.35. The van der Waals surface area contributed by atoms with E-state index in [4.69, 9.17) is 5.11 Å². The van der Waals surface area contributed by atoms with Crippen molar-refractivity contribution in [3.63, 3.8) is 0 Å². The van der Waals surface area contributed by atoms with Gasteiger partial charge in [-0.25, -0.2) is 4.79 Å². The normalized spacial score (nSPS) is 11.8. The number of amides is 1. The number of carbonyl (C=O) groups excluding carboxylic acids is 1. The molecule has 1 atom stereocenters. The average molecular weight is 235 g/mol. The molecular formula is C13H17NO3. The fourth-order valence-electron chi connectivity index (χ4n) is 1.62. The highest BCUT2D eigenvalue weighted by molar-refractivity contribution is 5.97. The molecule has 0 aliphatic rings. The van der Waals surface area contributed by atoms with Crippen molar-refractivity contribution in [1.29, 1.82) is 0 Å². The summed E-state index contributed by atoms with van der Waals surface area (Å²) in [5, 5.41) is 10.7. The Morgan fingerprint density at radius 2 is 1.94 bits per heavy atom. The summed E-state index contributed by atoms with van der Waals surface area (Å²) in [5.41, 5.74) is 0.714. The lowest BCUT2D eigenvalue weighted by Gasteiger charge is -2.10. The van der Waals surface area contributed by atoms with Crippen LogP contribution in [-0.2, 0) is 0 Å². The first-order valence-corrected chi connectivity index (χ1v) is 5.67. The number of rotatable bonds is 6. The van der Waals surface area contributed by atoms with E-state index >= 15 is 0 Å². The largest absolute Gasteiger partial charge is 0.465 e. The fraction of sp³-hybridized carbons (Fsp3) is 0.385. The standard InChI is InChI=1S/C13H17NO3/c1-10(6-5-9-14-13(16)17)12(15)11-7-3-2-4-8-11/h2-4,7-8,10,14H,5-6,9H2,1H3,(H,16,17). The predicted molar refractivity (Wildman–Crippen MR) is 65.2 cm³/mol. The first kappa shape index (κ1) is 13.2. The molecular weight excluding hydrogens is 218 g/mol. The minimum atomic E-state index is -1.02. The van der Waals surface area contributed by atoms with Crippen LogP contribution in [0, 0.1) is 5.92 Å². The van der Waals surface area contributed by atoms with Gasteiger partial charge in [-0.05, 0) is 12.8 Å². The SMILES string of the molecule is CC(CCCNC(=O)O)C(=O)c1ccccc1. The molecule has 0 saturated carbocycles. The second kappa shape index (κ2) is 6.68. The number of benzene rings is 1. The molecule has 4 nitrogen and oxygen atoms in total. The van der Waals surface area contributed by atoms with Crippen LogP contribution in [0.2, 0.25) is 0 Å². The molecule has 17 heavy (non-hydrogen) atoms. The summed E-state index contributed by atoms with van der Waals surface area (Å²) in [4.78, 5) is 22.2. The lowest BCUT2D eigenvalue weighted by molar-refractivity contribution is 0.0923. The summed E-state index contributed by atoms with van der Waals surface area (Å²) in [7, 11) is 0.